The first-order valence-electron chi connectivity index (χ1n) is 8.82. The Balaban J connectivity index is 1.84. The van der Waals surface area contributed by atoms with Gasteiger partial charge in [-0.05, 0) is 31.1 Å². The molecule has 0 aromatic carbocycles. The fraction of sp³-hybridized carbons (Fsp3) is 0.889. The summed E-state index contributed by atoms with van der Waals surface area (Å²) in [6.07, 6.45) is 12.7. The monoisotopic (exact) mass is 291 g/mol. The van der Waals surface area contributed by atoms with E-state index in [4.69, 9.17) is 4.74 Å². The van der Waals surface area contributed by atoms with Gasteiger partial charge < -0.3 is 4.74 Å². The Kier molecular flexibility index (Phi) is 6.08. The van der Waals surface area contributed by atoms with Gasteiger partial charge in [-0.1, -0.05) is 45.4 Å². The molecule has 2 saturated carbocycles. The van der Waals surface area contributed by atoms with Gasteiger partial charge in [-0.15, -0.1) is 0 Å². The molecule has 0 N–H and O–H groups in total. The highest BCUT2D eigenvalue weighted by Gasteiger charge is 2.40. The molecular weight excluding hydrogens is 262 g/mol. The minimum Gasteiger partial charge on any atom is -0.444 e. The fourth-order valence-electron chi connectivity index (χ4n) is 4.01. The number of hydrogen-bond acceptors (Lipinski definition) is 3. The minimum atomic E-state index is -0.823. The van der Waals surface area contributed by atoms with Gasteiger partial charge in [-0.2, -0.15) is 5.26 Å². The number of carbonyl (C=O) groups is 1. The second-order valence-corrected chi connectivity index (χ2v) is 6.92. The van der Waals surface area contributed by atoms with E-state index in [0.29, 0.717) is 6.42 Å². The van der Waals surface area contributed by atoms with E-state index in [0.717, 1.165) is 50.4 Å². The molecule has 0 spiro atoms. The van der Waals surface area contributed by atoms with Crippen LogP contribution in [0.15, 0.2) is 0 Å². The number of carbonyl (C=O) groups excluding carboxylic acids is 1. The van der Waals surface area contributed by atoms with Crippen molar-refractivity contribution >= 4 is 5.97 Å². The molecule has 0 heterocycles. The zero-order chi connectivity index (χ0) is 15.1. The van der Waals surface area contributed by atoms with E-state index >= 15 is 0 Å². The molecule has 21 heavy (non-hydrogen) atoms. The standard InChI is InChI=1S/C18H29NO2/c1-2-3-9-17(20)21-18(14-19)12-10-16(11-13-18)15-7-5-4-6-8-15/h15-16H,2-13H2,1H3. The highest BCUT2D eigenvalue weighted by Crippen LogP contribution is 2.42. The maximum absolute atomic E-state index is 11.8. The quantitative estimate of drug-likeness (QED) is 0.687. The molecule has 0 unspecified atom stereocenters. The van der Waals surface area contributed by atoms with Gasteiger partial charge in [0, 0.05) is 19.3 Å². The number of hydrogen-bond donors (Lipinski definition) is 0. The Labute approximate surface area is 129 Å². The van der Waals surface area contributed by atoms with E-state index in [1.165, 1.54) is 32.1 Å². The van der Waals surface area contributed by atoms with Crippen LogP contribution in [0.5, 0.6) is 0 Å². The molecule has 0 amide bonds. The lowest BCUT2D eigenvalue weighted by Crippen LogP contribution is -2.39. The van der Waals surface area contributed by atoms with Gasteiger partial charge in [0.05, 0.1) is 0 Å². The van der Waals surface area contributed by atoms with Crippen molar-refractivity contribution < 1.29 is 9.53 Å². The Hall–Kier alpha value is -1.04. The van der Waals surface area contributed by atoms with Crippen LogP contribution in [0.2, 0.25) is 0 Å². The molecule has 0 bridgehead atoms. The molecule has 0 aliphatic heterocycles. The summed E-state index contributed by atoms with van der Waals surface area (Å²) in [5.74, 6) is 1.42. The summed E-state index contributed by atoms with van der Waals surface area (Å²) in [7, 11) is 0. The van der Waals surface area contributed by atoms with Crippen molar-refractivity contribution in [2.45, 2.75) is 89.6 Å². The second kappa shape index (κ2) is 7.82. The van der Waals surface area contributed by atoms with Gasteiger partial charge in [0.15, 0.2) is 5.60 Å². The number of nitriles is 1. The van der Waals surface area contributed by atoms with Gasteiger partial charge in [0.1, 0.15) is 6.07 Å². The fourth-order valence-corrected chi connectivity index (χ4v) is 4.01. The molecular formula is C18H29NO2. The third-order valence-electron chi connectivity index (χ3n) is 5.40. The number of ether oxygens (including phenoxy) is 1. The Morgan fingerprint density at radius 2 is 1.76 bits per heavy atom. The van der Waals surface area contributed by atoms with E-state index in [-0.39, 0.29) is 5.97 Å². The first-order chi connectivity index (χ1) is 10.2. The van der Waals surface area contributed by atoms with E-state index in [1.807, 2.05) is 0 Å². The molecule has 0 radical (unpaired) electrons. The maximum atomic E-state index is 11.8. The summed E-state index contributed by atoms with van der Waals surface area (Å²) in [6, 6.07) is 2.31. The number of esters is 1. The van der Waals surface area contributed by atoms with Crippen molar-refractivity contribution in [1.29, 1.82) is 5.26 Å². The number of nitrogens with zero attached hydrogens (tertiary/aromatic N) is 1. The van der Waals surface area contributed by atoms with Crippen molar-refractivity contribution in [1.82, 2.24) is 0 Å². The molecule has 2 aliphatic carbocycles. The number of rotatable bonds is 5. The van der Waals surface area contributed by atoms with Crippen LogP contribution in [0, 0.1) is 23.2 Å². The van der Waals surface area contributed by atoms with Crippen molar-refractivity contribution in [3.05, 3.63) is 0 Å². The average molecular weight is 291 g/mol. The molecule has 2 fully saturated rings. The lowest BCUT2D eigenvalue weighted by Gasteiger charge is -2.39. The summed E-state index contributed by atoms with van der Waals surface area (Å²) in [5.41, 5.74) is -0.823. The van der Waals surface area contributed by atoms with Gasteiger partial charge in [-0.3, -0.25) is 4.79 Å². The summed E-state index contributed by atoms with van der Waals surface area (Å²) in [4.78, 5) is 11.8. The molecule has 0 aromatic heterocycles. The predicted molar refractivity (Wildman–Crippen MR) is 82.5 cm³/mol. The third-order valence-corrected chi connectivity index (χ3v) is 5.40. The van der Waals surface area contributed by atoms with Gasteiger partial charge >= 0.3 is 5.97 Å². The van der Waals surface area contributed by atoms with Crippen LogP contribution in [0.3, 0.4) is 0 Å². The third kappa shape index (κ3) is 4.46. The normalized spacial score (nSPS) is 30.6. The lowest BCUT2D eigenvalue weighted by molar-refractivity contribution is -0.158. The predicted octanol–water partition coefficient (Wildman–Crippen LogP) is 4.75. The molecule has 2 rings (SSSR count). The zero-order valence-corrected chi connectivity index (χ0v) is 13.4. The minimum absolute atomic E-state index is 0.186. The Morgan fingerprint density at radius 1 is 1.14 bits per heavy atom. The topological polar surface area (TPSA) is 50.1 Å². The highest BCUT2D eigenvalue weighted by molar-refractivity contribution is 5.70. The van der Waals surface area contributed by atoms with E-state index < -0.39 is 5.60 Å². The van der Waals surface area contributed by atoms with Crippen LogP contribution in [0.4, 0.5) is 0 Å². The number of unbranched alkanes of at least 4 members (excludes halogenated alkanes) is 1. The van der Waals surface area contributed by atoms with Gasteiger partial charge in [0.25, 0.3) is 0 Å². The SMILES string of the molecule is CCCCC(=O)OC1(C#N)CCC(C2CCCCC2)CC1. The van der Waals surface area contributed by atoms with Crippen LogP contribution in [0.1, 0.15) is 84.0 Å². The molecule has 3 nitrogen and oxygen atoms in total. The second-order valence-electron chi connectivity index (χ2n) is 6.92. The maximum Gasteiger partial charge on any atom is 0.307 e. The van der Waals surface area contributed by atoms with E-state index in [9.17, 15) is 10.1 Å². The van der Waals surface area contributed by atoms with Crippen LogP contribution in [-0.4, -0.2) is 11.6 Å². The summed E-state index contributed by atoms with van der Waals surface area (Å²) in [5, 5.41) is 9.49. The van der Waals surface area contributed by atoms with Crippen molar-refractivity contribution in [3.8, 4) is 6.07 Å². The summed E-state index contributed by atoms with van der Waals surface area (Å²) >= 11 is 0. The van der Waals surface area contributed by atoms with Crippen molar-refractivity contribution in [2.75, 3.05) is 0 Å². The van der Waals surface area contributed by atoms with Gasteiger partial charge in [-0.25, -0.2) is 0 Å². The Bertz CT molecular complexity index is 371. The van der Waals surface area contributed by atoms with Gasteiger partial charge in [0.2, 0.25) is 0 Å². The van der Waals surface area contributed by atoms with E-state index in [2.05, 4.69) is 13.0 Å². The van der Waals surface area contributed by atoms with Crippen LogP contribution in [-0.2, 0) is 9.53 Å². The first-order valence-corrected chi connectivity index (χ1v) is 8.82. The molecule has 0 saturated heterocycles. The lowest BCUT2D eigenvalue weighted by atomic mass is 9.70. The first kappa shape index (κ1) is 16.3. The van der Waals surface area contributed by atoms with Crippen molar-refractivity contribution in [3.63, 3.8) is 0 Å². The molecule has 0 atom stereocenters. The van der Waals surface area contributed by atoms with Crippen LogP contribution < -0.4 is 0 Å². The zero-order valence-electron chi connectivity index (χ0n) is 13.4. The molecule has 2 aliphatic rings. The largest absolute Gasteiger partial charge is 0.444 e. The van der Waals surface area contributed by atoms with E-state index in [1.54, 1.807) is 0 Å². The molecule has 0 aromatic rings. The van der Waals surface area contributed by atoms with Crippen LogP contribution in [0.25, 0.3) is 0 Å². The summed E-state index contributed by atoms with van der Waals surface area (Å²) in [6.45, 7) is 2.06. The Morgan fingerprint density at radius 3 is 2.33 bits per heavy atom. The average Bonchev–Trinajstić information content (AvgIpc) is 2.54. The summed E-state index contributed by atoms with van der Waals surface area (Å²) < 4.78 is 5.57. The van der Waals surface area contributed by atoms with Crippen LogP contribution >= 0.6 is 0 Å². The smallest absolute Gasteiger partial charge is 0.307 e. The molecule has 118 valence electrons. The molecule has 3 heteroatoms. The van der Waals surface area contributed by atoms with Crippen molar-refractivity contribution in [2.24, 2.45) is 11.8 Å². The highest BCUT2D eigenvalue weighted by atomic mass is 16.6.